The maximum atomic E-state index is 6.65. The number of hydrogen-bond acceptors (Lipinski definition) is 2. The van der Waals surface area contributed by atoms with Crippen molar-refractivity contribution < 1.29 is 9.16 Å². The Morgan fingerprint density at radius 2 is 1.50 bits per heavy atom. The molecule has 2 atom stereocenters. The van der Waals surface area contributed by atoms with Gasteiger partial charge >= 0.3 is 0 Å². The summed E-state index contributed by atoms with van der Waals surface area (Å²) in [5.41, 5.74) is 0.935. The van der Waals surface area contributed by atoms with E-state index in [0.717, 1.165) is 0 Å². The largest absolute Gasteiger partial charge is 0.405 e. The molecule has 0 fully saturated rings. The second-order valence-electron chi connectivity index (χ2n) is 7.02. The molecule has 0 amide bonds. The van der Waals surface area contributed by atoms with E-state index in [4.69, 9.17) is 9.16 Å². The van der Waals surface area contributed by atoms with Gasteiger partial charge in [-0.25, -0.2) is 0 Å². The standard InChI is InChI=1S/C21H26O2Si/c1-17-15-21(3,23-18(17)2)16-22-24(4,19-11-7-5-8-12-19)20-13-9-6-10-14-20/h5-15,18H,16H2,1-4H3/t18-,21-/m1/s1. The Kier molecular flexibility index (Phi) is 4.77. The maximum Gasteiger partial charge on any atom is 0.252 e. The van der Waals surface area contributed by atoms with Gasteiger partial charge in [0.1, 0.15) is 5.60 Å². The van der Waals surface area contributed by atoms with E-state index >= 15 is 0 Å². The molecule has 0 aromatic heterocycles. The number of rotatable bonds is 5. The van der Waals surface area contributed by atoms with E-state index in [1.807, 2.05) is 0 Å². The highest BCUT2D eigenvalue weighted by atomic mass is 28.4. The van der Waals surface area contributed by atoms with Crippen LogP contribution in [0.1, 0.15) is 20.8 Å². The topological polar surface area (TPSA) is 18.5 Å². The van der Waals surface area contributed by atoms with E-state index in [0.29, 0.717) is 6.61 Å². The van der Waals surface area contributed by atoms with Crippen LogP contribution in [0.15, 0.2) is 72.3 Å². The van der Waals surface area contributed by atoms with Gasteiger partial charge < -0.3 is 9.16 Å². The van der Waals surface area contributed by atoms with Crippen molar-refractivity contribution >= 4 is 18.7 Å². The summed E-state index contributed by atoms with van der Waals surface area (Å²) < 4.78 is 12.8. The van der Waals surface area contributed by atoms with Gasteiger partial charge in [0.15, 0.2) is 0 Å². The SMILES string of the molecule is CC1=C[C@](C)(CO[Si](C)(c2ccccc2)c2ccccc2)O[C@@H]1C. The molecule has 0 saturated heterocycles. The summed E-state index contributed by atoms with van der Waals surface area (Å²) in [6.07, 6.45) is 2.38. The summed E-state index contributed by atoms with van der Waals surface area (Å²) in [4.78, 5) is 0. The predicted octanol–water partition coefficient (Wildman–Crippen LogP) is 3.52. The van der Waals surface area contributed by atoms with Gasteiger partial charge in [-0.15, -0.1) is 0 Å². The highest BCUT2D eigenvalue weighted by molar-refractivity contribution is 6.96. The lowest BCUT2D eigenvalue weighted by atomic mass is 10.1. The van der Waals surface area contributed by atoms with E-state index in [1.54, 1.807) is 0 Å². The highest BCUT2D eigenvalue weighted by Gasteiger charge is 2.39. The maximum absolute atomic E-state index is 6.65. The van der Waals surface area contributed by atoms with Crippen molar-refractivity contribution in [3.05, 3.63) is 72.3 Å². The van der Waals surface area contributed by atoms with Gasteiger partial charge in [-0.3, -0.25) is 0 Å². The Labute approximate surface area is 146 Å². The molecule has 2 nitrogen and oxygen atoms in total. The minimum Gasteiger partial charge on any atom is -0.405 e. The summed E-state index contributed by atoms with van der Waals surface area (Å²) in [5, 5.41) is 2.57. The molecule has 0 N–H and O–H groups in total. The van der Waals surface area contributed by atoms with E-state index < -0.39 is 8.32 Å². The Bertz CT molecular complexity index is 672. The Morgan fingerprint density at radius 3 is 1.92 bits per heavy atom. The van der Waals surface area contributed by atoms with Gasteiger partial charge in [-0.1, -0.05) is 60.7 Å². The Hall–Kier alpha value is -1.68. The van der Waals surface area contributed by atoms with Gasteiger partial charge in [0.05, 0.1) is 12.7 Å². The molecule has 0 saturated carbocycles. The van der Waals surface area contributed by atoms with Crippen molar-refractivity contribution in [2.75, 3.05) is 6.61 Å². The minimum absolute atomic E-state index is 0.167. The second kappa shape index (κ2) is 6.67. The van der Waals surface area contributed by atoms with Crippen LogP contribution in [0.2, 0.25) is 6.55 Å². The van der Waals surface area contributed by atoms with E-state index in [-0.39, 0.29) is 11.7 Å². The van der Waals surface area contributed by atoms with Crippen molar-refractivity contribution in [2.24, 2.45) is 0 Å². The summed E-state index contributed by atoms with van der Waals surface area (Å²) in [6.45, 7) is 9.19. The van der Waals surface area contributed by atoms with Crippen LogP contribution in [0.25, 0.3) is 0 Å². The molecular weight excluding hydrogens is 312 g/mol. The van der Waals surface area contributed by atoms with Gasteiger partial charge in [0, 0.05) is 0 Å². The third kappa shape index (κ3) is 3.39. The normalized spacial score (nSPS) is 24.0. The Balaban J connectivity index is 1.90. The Morgan fingerprint density at radius 1 is 1.00 bits per heavy atom. The average molecular weight is 339 g/mol. The van der Waals surface area contributed by atoms with Crippen LogP contribution in [-0.2, 0) is 9.16 Å². The highest BCUT2D eigenvalue weighted by Crippen LogP contribution is 2.29. The molecule has 0 bridgehead atoms. The first-order valence-corrected chi connectivity index (χ1v) is 11.0. The van der Waals surface area contributed by atoms with Crippen molar-refractivity contribution in [3.63, 3.8) is 0 Å². The molecule has 1 aliphatic heterocycles. The molecule has 126 valence electrons. The summed E-state index contributed by atoms with van der Waals surface area (Å²) in [6, 6.07) is 21.2. The first kappa shape index (κ1) is 17.2. The smallest absolute Gasteiger partial charge is 0.252 e. The van der Waals surface area contributed by atoms with Gasteiger partial charge in [0.2, 0.25) is 0 Å². The van der Waals surface area contributed by atoms with Crippen molar-refractivity contribution in [1.82, 2.24) is 0 Å². The predicted molar refractivity (Wildman–Crippen MR) is 102 cm³/mol. The summed E-state index contributed by atoms with van der Waals surface area (Å²) >= 11 is 0. The second-order valence-corrected chi connectivity index (χ2v) is 10.5. The van der Waals surface area contributed by atoms with Crippen LogP contribution in [0, 0.1) is 0 Å². The van der Waals surface area contributed by atoms with Gasteiger partial charge in [0.25, 0.3) is 8.32 Å². The van der Waals surface area contributed by atoms with Crippen LogP contribution >= 0.6 is 0 Å². The molecule has 3 heteroatoms. The van der Waals surface area contributed by atoms with Gasteiger partial charge in [-0.2, -0.15) is 0 Å². The van der Waals surface area contributed by atoms with Crippen molar-refractivity contribution in [3.8, 4) is 0 Å². The monoisotopic (exact) mass is 338 g/mol. The number of benzene rings is 2. The summed E-state index contributed by atoms with van der Waals surface area (Å²) in [5.74, 6) is 0. The molecular formula is C21H26O2Si. The third-order valence-electron chi connectivity index (χ3n) is 4.92. The molecule has 0 spiro atoms. The first-order chi connectivity index (χ1) is 11.4. The van der Waals surface area contributed by atoms with Crippen molar-refractivity contribution in [2.45, 2.75) is 39.0 Å². The zero-order chi connectivity index (χ0) is 17.2. The summed E-state index contributed by atoms with van der Waals surface area (Å²) in [7, 11) is -2.27. The molecule has 24 heavy (non-hydrogen) atoms. The molecule has 0 unspecified atom stereocenters. The molecule has 2 aromatic rings. The zero-order valence-electron chi connectivity index (χ0n) is 15.0. The minimum atomic E-state index is -2.27. The molecule has 3 rings (SSSR count). The molecule has 0 radical (unpaired) electrons. The third-order valence-corrected chi connectivity index (χ3v) is 8.51. The lowest BCUT2D eigenvalue weighted by Crippen LogP contribution is -2.59. The lowest BCUT2D eigenvalue weighted by molar-refractivity contribution is -0.0343. The number of ether oxygens (including phenoxy) is 1. The van der Waals surface area contributed by atoms with Crippen LogP contribution in [0.4, 0.5) is 0 Å². The fourth-order valence-electron chi connectivity index (χ4n) is 3.34. The zero-order valence-corrected chi connectivity index (χ0v) is 16.0. The van der Waals surface area contributed by atoms with Gasteiger partial charge in [-0.05, 0) is 49.3 Å². The number of hydrogen-bond donors (Lipinski definition) is 0. The molecule has 1 heterocycles. The van der Waals surface area contributed by atoms with Crippen LogP contribution < -0.4 is 10.4 Å². The van der Waals surface area contributed by atoms with Crippen LogP contribution in [0.5, 0.6) is 0 Å². The van der Waals surface area contributed by atoms with Crippen LogP contribution in [0.3, 0.4) is 0 Å². The van der Waals surface area contributed by atoms with Crippen LogP contribution in [-0.4, -0.2) is 26.6 Å². The molecule has 1 aliphatic rings. The van der Waals surface area contributed by atoms with E-state index in [2.05, 4.69) is 94.1 Å². The van der Waals surface area contributed by atoms with Crippen molar-refractivity contribution in [1.29, 1.82) is 0 Å². The average Bonchev–Trinajstić information content (AvgIpc) is 2.87. The molecule has 2 aromatic carbocycles. The fourth-order valence-corrected chi connectivity index (χ4v) is 6.24. The lowest BCUT2D eigenvalue weighted by Gasteiger charge is -2.33. The van der Waals surface area contributed by atoms with E-state index in [1.165, 1.54) is 15.9 Å². The van der Waals surface area contributed by atoms with E-state index in [9.17, 15) is 0 Å². The molecule has 0 aliphatic carbocycles. The first-order valence-electron chi connectivity index (χ1n) is 8.55. The quantitative estimate of drug-likeness (QED) is 0.613. The fraction of sp³-hybridized carbons (Fsp3) is 0.333.